The van der Waals surface area contributed by atoms with Gasteiger partial charge in [-0.05, 0) is 37.0 Å². The molecule has 2 heterocycles. The molecule has 1 aromatic heterocycles. The molecule has 29 heavy (non-hydrogen) atoms. The Kier molecular flexibility index (Phi) is 6.22. The first kappa shape index (κ1) is 20.4. The lowest BCUT2D eigenvalue weighted by Crippen LogP contribution is -2.43. The van der Waals surface area contributed by atoms with Crippen molar-refractivity contribution < 1.29 is 14.0 Å². The summed E-state index contributed by atoms with van der Waals surface area (Å²) in [7, 11) is 0. The summed E-state index contributed by atoms with van der Waals surface area (Å²) in [5, 5.41) is 0.0909. The molecular formula is C21H22FN3O2S2. The average molecular weight is 432 g/mol. The molecular weight excluding hydrogens is 409 g/mol. The normalized spacial score (nSPS) is 22.6. The van der Waals surface area contributed by atoms with Gasteiger partial charge >= 0.3 is 0 Å². The molecule has 1 aromatic carbocycles. The largest absolute Gasteiger partial charge is 0.297 e. The van der Waals surface area contributed by atoms with E-state index in [1.54, 1.807) is 31.3 Å². The maximum atomic E-state index is 14.6. The van der Waals surface area contributed by atoms with Crippen LogP contribution < -0.4 is 0 Å². The van der Waals surface area contributed by atoms with Crippen molar-refractivity contribution in [3.05, 3.63) is 53.1 Å². The first-order chi connectivity index (χ1) is 14.0. The zero-order valence-electron chi connectivity index (χ0n) is 16.1. The Bertz CT molecular complexity index is 928. The first-order valence-electron chi connectivity index (χ1n) is 9.70. The molecule has 1 aliphatic carbocycles. The van der Waals surface area contributed by atoms with Crippen LogP contribution >= 0.6 is 23.5 Å². The van der Waals surface area contributed by atoms with Gasteiger partial charge in [-0.3, -0.25) is 14.5 Å². The van der Waals surface area contributed by atoms with E-state index in [9.17, 15) is 14.0 Å². The van der Waals surface area contributed by atoms with Crippen molar-refractivity contribution in [3.63, 3.8) is 0 Å². The number of aromatic nitrogens is 2. The number of piperidine rings is 1. The summed E-state index contributed by atoms with van der Waals surface area (Å²) in [6, 6.07) is 5.96. The predicted octanol–water partition coefficient (Wildman–Crippen LogP) is 4.14. The number of thioether (sulfide) groups is 1. The lowest BCUT2D eigenvalue weighted by Gasteiger charge is -2.38. The van der Waals surface area contributed by atoms with Crippen LogP contribution in [0.5, 0.6) is 0 Å². The monoisotopic (exact) mass is 431 g/mol. The van der Waals surface area contributed by atoms with Crippen molar-refractivity contribution in [3.8, 4) is 0 Å². The fourth-order valence-corrected chi connectivity index (χ4v) is 5.14. The van der Waals surface area contributed by atoms with E-state index in [1.807, 2.05) is 6.08 Å². The number of nitrogens with zero attached hydrogens (tertiary/aromatic N) is 3. The van der Waals surface area contributed by atoms with E-state index in [2.05, 4.69) is 13.6 Å². The minimum Gasteiger partial charge on any atom is -0.297 e. The SMILES string of the molecule is CC(=O)SC1CCN(C(C(=O)C2CC2)c2ccccc2F)C/C1=C/c1cnsn1. The number of benzene rings is 1. The molecule has 5 nitrogen and oxygen atoms in total. The van der Waals surface area contributed by atoms with Crippen LogP contribution in [0.2, 0.25) is 0 Å². The number of carbonyl (C=O) groups excluding carboxylic acids is 2. The Balaban J connectivity index is 1.66. The highest BCUT2D eigenvalue weighted by atomic mass is 32.2. The van der Waals surface area contributed by atoms with Crippen LogP contribution in [0.1, 0.15) is 43.5 Å². The topological polar surface area (TPSA) is 63.2 Å². The third-order valence-corrected chi connectivity index (χ3v) is 6.96. The molecule has 152 valence electrons. The highest BCUT2D eigenvalue weighted by Gasteiger charge is 2.41. The van der Waals surface area contributed by atoms with E-state index in [1.165, 1.54) is 17.8 Å². The van der Waals surface area contributed by atoms with Gasteiger partial charge in [0.1, 0.15) is 5.82 Å². The van der Waals surface area contributed by atoms with Gasteiger partial charge in [0.05, 0.1) is 29.7 Å². The second kappa shape index (κ2) is 8.85. The number of hydrogen-bond acceptors (Lipinski definition) is 7. The highest BCUT2D eigenvalue weighted by Crippen LogP contribution is 2.40. The van der Waals surface area contributed by atoms with Crippen molar-refractivity contribution in [1.29, 1.82) is 0 Å². The predicted molar refractivity (Wildman–Crippen MR) is 113 cm³/mol. The number of Topliss-reactive ketones (excluding diaryl/α,β-unsaturated/α-hetero) is 1. The molecule has 0 bridgehead atoms. The Morgan fingerprint density at radius 1 is 1.31 bits per heavy atom. The zero-order valence-corrected chi connectivity index (χ0v) is 17.7. The summed E-state index contributed by atoms with van der Waals surface area (Å²) in [6.07, 6.45) is 6.13. The van der Waals surface area contributed by atoms with Crippen molar-refractivity contribution in [2.45, 2.75) is 37.5 Å². The van der Waals surface area contributed by atoms with Crippen molar-refractivity contribution in [1.82, 2.24) is 13.6 Å². The fourth-order valence-electron chi connectivity index (χ4n) is 3.82. The van der Waals surface area contributed by atoms with Gasteiger partial charge in [-0.2, -0.15) is 8.75 Å². The Labute approximate surface area is 177 Å². The van der Waals surface area contributed by atoms with E-state index in [0.29, 0.717) is 18.7 Å². The molecule has 2 aliphatic rings. The lowest BCUT2D eigenvalue weighted by atomic mass is 9.93. The Morgan fingerprint density at radius 2 is 2.10 bits per heavy atom. The standard InChI is InChI=1S/C21H22FN3O2S2/c1-13(26)28-19-8-9-25(12-15(19)10-16-11-23-29-24-16)20(21(27)14-6-7-14)17-4-2-3-5-18(17)22/h2-5,10-11,14,19-20H,6-9,12H2,1H3/b15-10-. The minimum atomic E-state index is -0.594. The maximum Gasteiger partial charge on any atom is 0.186 e. The number of rotatable bonds is 6. The molecule has 1 saturated heterocycles. The fraction of sp³-hybridized carbons (Fsp3) is 0.429. The van der Waals surface area contributed by atoms with Crippen LogP contribution in [-0.2, 0) is 9.59 Å². The number of likely N-dealkylation sites (tertiary alicyclic amines) is 1. The van der Waals surface area contributed by atoms with E-state index < -0.39 is 6.04 Å². The third-order valence-electron chi connectivity index (χ3n) is 5.31. The van der Waals surface area contributed by atoms with E-state index in [0.717, 1.165) is 42.3 Å². The summed E-state index contributed by atoms with van der Waals surface area (Å²) < 4.78 is 22.9. The Hall–Kier alpha value is -1.90. The number of hydrogen-bond donors (Lipinski definition) is 0. The summed E-state index contributed by atoms with van der Waals surface area (Å²) in [4.78, 5) is 26.9. The van der Waals surface area contributed by atoms with Gasteiger partial charge in [0.15, 0.2) is 10.9 Å². The molecule has 8 heteroatoms. The molecule has 2 aromatic rings. The molecule has 0 amide bonds. The molecule has 4 rings (SSSR count). The van der Waals surface area contributed by atoms with Crippen LogP contribution in [0, 0.1) is 11.7 Å². The molecule has 2 fully saturated rings. The molecule has 2 atom stereocenters. The van der Waals surface area contributed by atoms with Crippen LogP contribution in [0.4, 0.5) is 4.39 Å². The van der Waals surface area contributed by atoms with Gasteiger partial charge in [0, 0.05) is 36.7 Å². The summed E-state index contributed by atoms with van der Waals surface area (Å²) in [6.45, 7) is 2.70. The van der Waals surface area contributed by atoms with Crippen LogP contribution in [0.3, 0.4) is 0 Å². The molecule has 2 unspecified atom stereocenters. The molecule has 0 N–H and O–H groups in total. The minimum absolute atomic E-state index is 0.0269. The van der Waals surface area contributed by atoms with Crippen LogP contribution in [-0.4, -0.2) is 42.9 Å². The van der Waals surface area contributed by atoms with E-state index in [-0.39, 0.29) is 27.9 Å². The zero-order chi connectivity index (χ0) is 20.4. The average Bonchev–Trinajstić information content (AvgIpc) is 3.42. The lowest BCUT2D eigenvalue weighted by molar-refractivity contribution is -0.126. The van der Waals surface area contributed by atoms with Gasteiger partial charge in [-0.25, -0.2) is 4.39 Å². The third kappa shape index (κ3) is 4.82. The summed E-state index contributed by atoms with van der Waals surface area (Å²) in [5.74, 6) is -0.220. The van der Waals surface area contributed by atoms with Crippen molar-refractivity contribution in [2.24, 2.45) is 5.92 Å². The number of halogens is 1. The quantitative estimate of drug-likeness (QED) is 0.685. The van der Waals surface area contributed by atoms with Gasteiger partial charge in [0.2, 0.25) is 0 Å². The number of carbonyl (C=O) groups is 2. The molecule has 0 radical (unpaired) electrons. The second-order valence-corrected chi connectivity index (χ2v) is 9.45. The summed E-state index contributed by atoms with van der Waals surface area (Å²) in [5.41, 5.74) is 2.21. The number of ketones is 1. The van der Waals surface area contributed by atoms with Gasteiger partial charge < -0.3 is 0 Å². The van der Waals surface area contributed by atoms with E-state index in [4.69, 9.17) is 0 Å². The van der Waals surface area contributed by atoms with Gasteiger partial charge in [0.25, 0.3) is 0 Å². The second-order valence-electron chi connectivity index (χ2n) is 7.51. The van der Waals surface area contributed by atoms with Gasteiger partial charge in [-0.15, -0.1) is 0 Å². The van der Waals surface area contributed by atoms with Crippen LogP contribution in [0.15, 0.2) is 36.0 Å². The first-order valence-corrected chi connectivity index (χ1v) is 11.3. The smallest absolute Gasteiger partial charge is 0.186 e. The van der Waals surface area contributed by atoms with Crippen LogP contribution in [0.25, 0.3) is 6.08 Å². The molecule has 0 spiro atoms. The Morgan fingerprint density at radius 3 is 2.76 bits per heavy atom. The van der Waals surface area contributed by atoms with E-state index >= 15 is 0 Å². The highest BCUT2D eigenvalue weighted by molar-refractivity contribution is 8.14. The van der Waals surface area contributed by atoms with Crippen molar-refractivity contribution in [2.75, 3.05) is 13.1 Å². The molecule has 1 saturated carbocycles. The molecule has 1 aliphatic heterocycles. The summed E-state index contributed by atoms with van der Waals surface area (Å²) >= 11 is 2.44. The van der Waals surface area contributed by atoms with Gasteiger partial charge in [-0.1, -0.05) is 30.0 Å². The van der Waals surface area contributed by atoms with Crippen molar-refractivity contribution >= 4 is 40.5 Å². The maximum absolute atomic E-state index is 14.6.